The lowest BCUT2D eigenvalue weighted by Crippen LogP contribution is -2.29. The Morgan fingerprint density at radius 2 is 1.43 bits per heavy atom. The lowest BCUT2D eigenvalue weighted by Gasteiger charge is -2.14. The second kappa shape index (κ2) is 8.71. The number of esters is 1. The topological polar surface area (TPSA) is 75.6 Å². The minimum Gasteiger partial charge on any atom is -0.508 e. The van der Waals surface area contributed by atoms with Crippen molar-refractivity contribution in [2.24, 2.45) is 0 Å². The van der Waals surface area contributed by atoms with Crippen LogP contribution in [-0.4, -0.2) is 23.1 Å². The molecule has 3 aromatic carbocycles. The highest BCUT2D eigenvalue weighted by atomic mass is 79.9. The van der Waals surface area contributed by atoms with Crippen LogP contribution in [0.3, 0.4) is 0 Å². The van der Waals surface area contributed by atoms with Crippen molar-refractivity contribution in [1.82, 2.24) is 0 Å². The van der Waals surface area contributed by atoms with Gasteiger partial charge in [-0.1, -0.05) is 40.2 Å². The highest BCUT2D eigenvalue weighted by Gasteiger charge is 2.19. The number of anilines is 1. The average Bonchev–Trinajstić information content (AvgIpc) is 2.70. The number of halogens is 1. The molecule has 2 N–H and O–H groups in total. The van der Waals surface area contributed by atoms with Crippen LogP contribution in [0.25, 0.3) is 11.1 Å². The van der Waals surface area contributed by atoms with E-state index >= 15 is 0 Å². The monoisotopic (exact) mass is 439 g/mol. The standard InChI is InChI=1S/C22H18BrNO4/c1-14(21(26)24-19-10-8-18(23)9-11-19)28-22(27)17-4-2-15(3-5-17)16-6-12-20(25)13-7-16/h2-14,25H,1H3,(H,24,26). The maximum Gasteiger partial charge on any atom is 0.338 e. The smallest absolute Gasteiger partial charge is 0.338 e. The Balaban J connectivity index is 1.61. The first-order valence-corrected chi connectivity index (χ1v) is 9.38. The number of amides is 1. The van der Waals surface area contributed by atoms with Gasteiger partial charge < -0.3 is 15.2 Å². The summed E-state index contributed by atoms with van der Waals surface area (Å²) in [6.45, 7) is 1.52. The fourth-order valence-corrected chi connectivity index (χ4v) is 2.78. The van der Waals surface area contributed by atoms with E-state index in [1.165, 1.54) is 6.92 Å². The van der Waals surface area contributed by atoms with Gasteiger partial charge >= 0.3 is 5.97 Å². The van der Waals surface area contributed by atoms with Gasteiger partial charge in [0.1, 0.15) is 5.75 Å². The number of phenols is 1. The van der Waals surface area contributed by atoms with E-state index in [0.717, 1.165) is 15.6 Å². The molecule has 0 aromatic heterocycles. The number of phenolic OH excluding ortho intramolecular Hbond substituents is 1. The molecule has 0 aliphatic rings. The summed E-state index contributed by atoms with van der Waals surface area (Å²) in [5.74, 6) is -0.786. The summed E-state index contributed by atoms with van der Waals surface area (Å²) in [6.07, 6.45) is -0.937. The van der Waals surface area contributed by atoms with Gasteiger partial charge in [-0.25, -0.2) is 4.79 Å². The molecule has 0 fully saturated rings. The zero-order chi connectivity index (χ0) is 20.1. The lowest BCUT2D eigenvalue weighted by atomic mass is 10.0. The molecule has 3 rings (SSSR count). The Labute approximate surface area is 171 Å². The van der Waals surface area contributed by atoms with Crippen LogP contribution in [0.1, 0.15) is 17.3 Å². The van der Waals surface area contributed by atoms with Crippen molar-refractivity contribution in [2.75, 3.05) is 5.32 Å². The highest BCUT2D eigenvalue weighted by molar-refractivity contribution is 9.10. The Morgan fingerprint density at radius 3 is 2.00 bits per heavy atom. The lowest BCUT2D eigenvalue weighted by molar-refractivity contribution is -0.123. The molecular formula is C22H18BrNO4. The molecule has 0 bridgehead atoms. The van der Waals surface area contributed by atoms with Crippen molar-refractivity contribution in [1.29, 1.82) is 0 Å². The fraction of sp³-hybridized carbons (Fsp3) is 0.0909. The third-order valence-corrected chi connectivity index (χ3v) is 4.61. The van der Waals surface area contributed by atoms with E-state index in [9.17, 15) is 14.7 Å². The SMILES string of the molecule is CC(OC(=O)c1ccc(-c2ccc(O)cc2)cc1)C(=O)Nc1ccc(Br)cc1. The van der Waals surface area contributed by atoms with Crippen LogP contribution < -0.4 is 5.32 Å². The number of hydrogen-bond acceptors (Lipinski definition) is 4. The minimum atomic E-state index is -0.937. The van der Waals surface area contributed by atoms with Gasteiger partial charge in [-0.2, -0.15) is 0 Å². The number of ether oxygens (including phenoxy) is 1. The molecule has 28 heavy (non-hydrogen) atoms. The molecule has 3 aromatic rings. The van der Waals surface area contributed by atoms with Crippen LogP contribution in [0.15, 0.2) is 77.3 Å². The van der Waals surface area contributed by atoms with E-state index in [2.05, 4.69) is 21.2 Å². The Bertz CT molecular complexity index is 967. The molecule has 0 radical (unpaired) electrons. The zero-order valence-corrected chi connectivity index (χ0v) is 16.6. The van der Waals surface area contributed by atoms with Gasteiger partial charge in [0.25, 0.3) is 5.91 Å². The summed E-state index contributed by atoms with van der Waals surface area (Å²) >= 11 is 3.33. The van der Waals surface area contributed by atoms with Crippen molar-refractivity contribution in [3.8, 4) is 16.9 Å². The maximum atomic E-state index is 12.3. The molecule has 6 heteroatoms. The summed E-state index contributed by atoms with van der Waals surface area (Å²) < 4.78 is 6.17. The largest absolute Gasteiger partial charge is 0.508 e. The predicted molar refractivity (Wildman–Crippen MR) is 111 cm³/mol. The van der Waals surface area contributed by atoms with Gasteiger partial charge in [0.15, 0.2) is 6.10 Å². The van der Waals surface area contributed by atoms with Gasteiger partial charge in [0, 0.05) is 10.2 Å². The summed E-state index contributed by atoms with van der Waals surface area (Å²) in [5, 5.41) is 12.1. The summed E-state index contributed by atoms with van der Waals surface area (Å²) in [4.78, 5) is 24.5. The molecule has 0 saturated heterocycles. The van der Waals surface area contributed by atoms with Crippen LogP contribution in [0.4, 0.5) is 5.69 Å². The molecule has 142 valence electrons. The van der Waals surface area contributed by atoms with Crippen LogP contribution in [0, 0.1) is 0 Å². The van der Waals surface area contributed by atoms with E-state index in [1.807, 2.05) is 12.1 Å². The summed E-state index contributed by atoms with van der Waals surface area (Å²) in [7, 11) is 0. The molecule has 0 heterocycles. The first kappa shape index (κ1) is 19.6. The molecule has 5 nitrogen and oxygen atoms in total. The van der Waals surface area contributed by atoms with Crippen LogP contribution >= 0.6 is 15.9 Å². The van der Waals surface area contributed by atoms with E-state index in [4.69, 9.17) is 4.74 Å². The minimum absolute atomic E-state index is 0.194. The van der Waals surface area contributed by atoms with Crippen molar-refractivity contribution >= 4 is 33.5 Å². The molecule has 1 unspecified atom stereocenters. The second-order valence-corrected chi connectivity index (χ2v) is 7.08. The van der Waals surface area contributed by atoms with Gasteiger partial charge in [0.2, 0.25) is 0 Å². The molecule has 0 saturated carbocycles. The predicted octanol–water partition coefficient (Wildman–Crippen LogP) is 5.01. The summed E-state index contributed by atoms with van der Waals surface area (Å²) in [6, 6.07) is 20.8. The van der Waals surface area contributed by atoms with E-state index in [1.54, 1.807) is 60.7 Å². The second-order valence-electron chi connectivity index (χ2n) is 6.17. The average molecular weight is 440 g/mol. The number of rotatable bonds is 5. The molecular weight excluding hydrogens is 422 g/mol. The normalized spacial score (nSPS) is 11.5. The molecule has 0 aliphatic heterocycles. The molecule has 0 spiro atoms. The zero-order valence-electron chi connectivity index (χ0n) is 15.1. The number of aromatic hydroxyl groups is 1. The molecule has 1 amide bonds. The van der Waals surface area contributed by atoms with Gasteiger partial charge in [-0.05, 0) is 66.6 Å². The van der Waals surface area contributed by atoms with Crippen molar-refractivity contribution in [2.45, 2.75) is 13.0 Å². The molecule has 0 aliphatic carbocycles. The van der Waals surface area contributed by atoms with E-state index < -0.39 is 18.0 Å². The van der Waals surface area contributed by atoms with E-state index in [0.29, 0.717) is 11.3 Å². The number of carbonyl (C=O) groups is 2. The van der Waals surface area contributed by atoms with Gasteiger partial charge in [-0.3, -0.25) is 4.79 Å². The number of benzene rings is 3. The Kier molecular flexibility index (Phi) is 6.11. The van der Waals surface area contributed by atoms with Gasteiger partial charge in [-0.15, -0.1) is 0 Å². The first-order chi connectivity index (χ1) is 13.4. The van der Waals surface area contributed by atoms with E-state index in [-0.39, 0.29) is 5.75 Å². The fourth-order valence-electron chi connectivity index (χ4n) is 2.51. The number of hydrogen-bond donors (Lipinski definition) is 2. The first-order valence-electron chi connectivity index (χ1n) is 8.59. The third kappa shape index (κ3) is 4.98. The van der Waals surface area contributed by atoms with Crippen molar-refractivity contribution in [3.05, 3.63) is 82.8 Å². The molecule has 1 atom stereocenters. The number of nitrogens with one attached hydrogen (secondary N) is 1. The van der Waals surface area contributed by atoms with Gasteiger partial charge in [0.05, 0.1) is 5.56 Å². The Morgan fingerprint density at radius 1 is 0.893 bits per heavy atom. The van der Waals surface area contributed by atoms with Crippen molar-refractivity contribution in [3.63, 3.8) is 0 Å². The van der Waals surface area contributed by atoms with Crippen LogP contribution in [0.2, 0.25) is 0 Å². The van der Waals surface area contributed by atoms with Crippen LogP contribution in [-0.2, 0) is 9.53 Å². The summed E-state index contributed by atoms with van der Waals surface area (Å²) in [5.41, 5.74) is 2.79. The van der Waals surface area contributed by atoms with Crippen molar-refractivity contribution < 1.29 is 19.4 Å². The maximum absolute atomic E-state index is 12.3. The number of carbonyl (C=O) groups excluding carboxylic acids is 2. The van der Waals surface area contributed by atoms with Crippen LogP contribution in [0.5, 0.6) is 5.75 Å². The quantitative estimate of drug-likeness (QED) is 0.548. The third-order valence-electron chi connectivity index (χ3n) is 4.09. The Hall–Kier alpha value is -3.12. The highest BCUT2D eigenvalue weighted by Crippen LogP contribution is 2.22.